The van der Waals surface area contributed by atoms with Crippen molar-refractivity contribution in [1.82, 2.24) is 19.0 Å². The zero-order valence-electron chi connectivity index (χ0n) is 15.2. The number of aromatic nitrogens is 2. The lowest BCUT2D eigenvalue weighted by Gasteiger charge is -2.25. The van der Waals surface area contributed by atoms with Crippen molar-refractivity contribution in [3.05, 3.63) is 66.1 Å². The van der Waals surface area contributed by atoms with Crippen molar-refractivity contribution < 1.29 is 8.42 Å². The molecule has 3 aromatic rings. The van der Waals surface area contributed by atoms with Crippen LogP contribution in [0.25, 0.3) is 5.65 Å². The second kappa shape index (κ2) is 7.80. The van der Waals surface area contributed by atoms with E-state index in [1.54, 1.807) is 16.4 Å². The van der Waals surface area contributed by atoms with Crippen LogP contribution < -0.4 is 5.32 Å². The Morgan fingerprint density at radius 2 is 1.74 bits per heavy atom. The average Bonchev–Trinajstić information content (AvgIpc) is 3.12. The summed E-state index contributed by atoms with van der Waals surface area (Å²) < 4.78 is 29.0. The number of hydrogen-bond donors (Lipinski definition) is 1. The summed E-state index contributed by atoms with van der Waals surface area (Å²) >= 11 is 0. The number of pyridine rings is 1. The quantitative estimate of drug-likeness (QED) is 0.710. The monoisotopic (exact) mass is 384 g/mol. The first-order valence-electron chi connectivity index (χ1n) is 9.35. The molecule has 4 rings (SSSR count). The van der Waals surface area contributed by atoms with Gasteiger partial charge in [0.15, 0.2) is 0 Å². The first-order valence-corrected chi connectivity index (χ1v) is 10.8. The van der Waals surface area contributed by atoms with Gasteiger partial charge in [-0.15, -0.1) is 0 Å². The molecule has 142 valence electrons. The molecule has 0 bridgehead atoms. The summed E-state index contributed by atoms with van der Waals surface area (Å²) in [5.41, 5.74) is 3.08. The van der Waals surface area contributed by atoms with Gasteiger partial charge in [0.25, 0.3) is 0 Å². The highest BCUT2D eigenvalue weighted by atomic mass is 32.2. The smallest absolute Gasteiger partial charge is 0.243 e. The normalized spacial score (nSPS) is 16.0. The minimum absolute atomic E-state index is 0.384. The van der Waals surface area contributed by atoms with Crippen molar-refractivity contribution in [2.45, 2.75) is 37.2 Å². The van der Waals surface area contributed by atoms with Gasteiger partial charge in [0, 0.05) is 32.4 Å². The zero-order chi connectivity index (χ0) is 18.7. The van der Waals surface area contributed by atoms with Crippen LogP contribution in [0.2, 0.25) is 0 Å². The molecule has 1 aliphatic heterocycles. The van der Waals surface area contributed by atoms with Gasteiger partial charge in [-0.05, 0) is 42.7 Å². The predicted molar refractivity (Wildman–Crippen MR) is 105 cm³/mol. The van der Waals surface area contributed by atoms with Crippen LogP contribution in [0, 0.1) is 0 Å². The second-order valence-corrected chi connectivity index (χ2v) is 8.83. The number of piperidine rings is 1. The highest BCUT2D eigenvalue weighted by molar-refractivity contribution is 7.89. The summed E-state index contributed by atoms with van der Waals surface area (Å²) in [6, 6.07) is 13.1. The highest BCUT2D eigenvalue weighted by Gasteiger charge is 2.25. The molecule has 0 aliphatic carbocycles. The molecule has 7 heteroatoms. The zero-order valence-corrected chi connectivity index (χ0v) is 16.0. The van der Waals surface area contributed by atoms with Gasteiger partial charge in [0.1, 0.15) is 5.65 Å². The molecule has 1 aliphatic rings. The van der Waals surface area contributed by atoms with Crippen LogP contribution in [0.1, 0.15) is 30.5 Å². The van der Waals surface area contributed by atoms with E-state index >= 15 is 0 Å². The molecule has 1 saturated heterocycles. The lowest BCUT2D eigenvalue weighted by molar-refractivity contribution is 0.346. The number of fused-ring (bicyclic) bond motifs is 1. The first kappa shape index (κ1) is 18.2. The third kappa shape index (κ3) is 3.90. The van der Waals surface area contributed by atoms with Gasteiger partial charge in [-0.3, -0.25) is 0 Å². The molecule has 0 radical (unpaired) electrons. The molecular weight excluding hydrogens is 360 g/mol. The van der Waals surface area contributed by atoms with Crippen LogP contribution in [0.15, 0.2) is 59.8 Å². The lowest BCUT2D eigenvalue weighted by atomic mass is 10.2. The van der Waals surface area contributed by atoms with E-state index in [1.165, 1.54) is 0 Å². The first-order chi connectivity index (χ1) is 13.1. The fraction of sp³-hybridized carbons (Fsp3) is 0.350. The molecule has 0 spiro atoms. The van der Waals surface area contributed by atoms with Gasteiger partial charge < -0.3 is 9.72 Å². The standard InChI is InChI=1S/C20H24N4O2S/c25-27(26,23-11-3-1-4-12-23)19-9-7-17(8-10-19)14-21-15-18-16-22-20-6-2-5-13-24(18)20/h2,5-10,13,16,21H,1,3-4,11-12,14-15H2. The Labute approximate surface area is 159 Å². The molecule has 3 heterocycles. The largest absolute Gasteiger partial charge is 0.307 e. The Kier molecular flexibility index (Phi) is 5.24. The van der Waals surface area contributed by atoms with E-state index < -0.39 is 10.0 Å². The van der Waals surface area contributed by atoms with Gasteiger partial charge in [0.2, 0.25) is 10.0 Å². The van der Waals surface area contributed by atoms with Gasteiger partial charge in [-0.1, -0.05) is 24.6 Å². The molecular formula is C20H24N4O2S. The number of sulfonamides is 1. The summed E-state index contributed by atoms with van der Waals surface area (Å²) in [5.74, 6) is 0. The van der Waals surface area contributed by atoms with Crippen molar-refractivity contribution in [2.24, 2.45) is 0 Å². The maximum Gasteiger partial charge on any atom is 0.243 e. The van der Waals surface area contributed by atoms with Crippen LogP contribution in [0.4, 0.5) is 0 Å². The molecule has 0 saturated carbocycles. The third-order valence-electron chi connectivity index (χ3n) is 5.01. The van der Waals surface area contributed by atoms with Gasteiger partial charge >= 0.3 is 0 Å². The Bertz CT molecular complexity index is 1010. The number of nitrogens with zero attached hydrogens (tertiary/aromatic N) is 3. The maximum absolute atomic E-state index is 12.7. The van der Waals surface area contributed by atoms with Crippen LogP contribution in [0.5, 0.6) is 0 Å². The fourth-order valence-electron chi connectivity index (χ4n) is 3.48. The summed E-state index contributed by atoms with van der Waals surface area (Å²) in [6.45, 7) is 2.62. The number of rotatable bonds is 6. The van der Waals surface area contributed by atoms with Crippen molar-refractivity contribution in [3.63, 3.8) is 0 Å². The third-order valence-corrected chi connectivity index (χ3v) is 6.92. The Balaban J connectivity index is 1.38. The van der Waals surface area contributed by atoms with E-state index in [0.29, 0.717) is 31.1 Å². The molecule has 0 atom stereocenters. The number of imidazole rings is 1. The predicted octanol–water partition coefficient (Wildman–Crippen LogP) is 2.80. The fourth-order valence-corrected chi connectivity index (χ4v) is 5.00. The molecule has 6 nitrogen and oxygen atoms in total. The van der Waals surface area contributed by atoms with E-state index in [9.17, 15) is 8.42 Å². The average molecular weight is 385 g/mol. The summed E-state index contributed by atoms with van der Waals surface area (Å²) in [5, 5.41) is 3.40. The summed E-state index contributed by atoms with van der Waals surface area (Å²) in [6.07, 6.45) is 6.88. The molecule has 0 unspecified atom stereocenters. The molecule has 27 heavy (non-hydrogen) atoms. The van der Waals surface area contributed by atoms with Crippen LogP contribution in [-0.2, 0) is 23.1 Å². The molecule has 0 amide bonds. The number of benzene rings is 1. The van der Waals surface area contributed by atoms with Crippen molar-refractivity contribution >= 4 is 15.7 Å². The maximum atomic E-state index is 12.7. The highest BCUT2D eigenvalue weighted by Crippen LogP contribution is 2.20. The van der Waals surface area contributed by atoms with E-state index in [1.807, 2.05) is 42.7 Å². The SMILES string of the molecule is O=S(=O)(c1ccc(CNCc2cnc3ccccn23)cc1)N1CCCCC1. The minimum atomic E-state index is -3.36. The van der Waals surface area contributed by atoms with Crippen molar-refractivity contribution in [1.29, 1.82) is 0 Å². The van der Waals surface area contributed by atoms with Crippen LogP contribution >= 0.6 is 0 Å². The minimum Gasteiger partial charge on any atom is -0.307 e. The molecule has 2 aromatic heterocycles. The van der Waals surface area contributed by atoms with E-state index in [2.05, 4.69) is 14.7 Å². The number of hydrogen-bond acceptors (Lipinski definition) is 4. The Hall–Kier alpha value is -2.22. The topological polar surface area (TPSA) is 66.7 Å². The van der Waals surface area contributed by atoms with E-state index in [4.69, 9.17) is 0 Å². The summed E-state index contributed by atoms with van der Waals surface area (Å²) in [7, 11) is -3.36. The second-order valence-electron chi connectivity index (χ2n) is 6.89. The van der Waals surface area contributed by atoms with Gasteiger partial charge in [-0.2, -0.15) is 4.31 Å². The van der Waals surface area contributed by atoms with Crippen LogP contribution in [0.3, 0.4) is 0 Å². The molecule has 1 N–H and O–H groups in total. The van der Waals surface area contributed by atoms with Crippen molar-refractivity contribution in [3.8, 4) is 0 Å². The molecule has 1 fully saturated rings. The Morgan fingerprint density at radius 1 is 0.963 bits per heavy atom. The Morgan fingerprint density at radius 3 is 2.52 bits per heavy atom. The summed E-state index contributed by atoms with van der Waals surface area (Å²) in [4.78, 5) is 4.76. The van der Waals surface area contributed by atoms with Crippen molar-refractivity contribution in [2.75, 3.05) is 13.1 Å². The van der Waals surface area contributed by atoms with Gasteiger partial charge in [0.05, 0.1) is 16.8 Å². The van der Waals surface area contributed by atoms with Gasteiger partial charge in [-0.25, -0.2) is 13.4 Å². The lowest BCUT2D eigenvalue weighted by Crippen LogP contribution is -2.35. The van der Waals surface area contributed by atoms with Crippen LogP contribution in [-0.4, -0.2) is 35.2 Å². The van der Waals surface area contributed by atoms with E-state index in [0.717, 1.165) is 36.2 Å². The molecule has 1 aromatic carbocycles. The van der Waals surface area contributed by atoms with E-state index in [-0.39, 0.29) is 0 Å². The number of nitrogens with one attached hydrogen (secondary N) is 1.